The molecule has 0 heterocycles. The number of aliphatic hydroxyl groups is 1. The summed E-state index contributed by atoms with van der Waals surface area (Å²) in [6.07, 6.45) is 6.97. The summed E-state index contributed by atoms with van der Waals surface area (Å²) >= 11 is 0. The molecular weight excluding hydrogens is 160 g/mol. The molecule has 1 rings (SSSR count). The lowest BCUT2D eigenvalue weighted by molar-refractivity contribution is -0.0367. The van der Waals surface area contributed by atoms with Crippen molar-refractivity contribution in [2.24, 2.45) is 11.8 Å². The van der Waals surface area contributed by atoms with Gasteiger partial charge in [-0.15, -0.1) is 6.58 Å². The average Bonchev–Trinajstić information content (AvgIpc) is 1.98. The number of hydrogen-bond acceptors (Lipinski definition) is 1. The normalized spacial score (nSPS) is 40.2. The van der Waals surface area contributed by atoms with Gasteiger partial charge in [-0.2, -0.15) is 0 Å². The summed E-state index contributed by atoms with van der Waals surface area (Å²) in [4.78, 5) is 0. The quantitative estimate of drug-likeness (QED) is 0.665. The minimum Gasteiger partial charge on any atom is -0.390 e. The van der Waals surface area contributed by atoms with Gasteiger partial charge in [0.25, 0.3) is 0 Å². The van der Waals surface area contributed by atoms with E-state index in [-0.39, 0.29) is 0 Å². The molecule has 1 N–H and O–H groups in total. The Bertz CT molecular complexity index is 164. The molecule has 76 valence electrons. The predicted octanol–water partition coefficient (Wildman–Crippen LogP) is 3.14. The van der Waals surface area contributed by atoms with Crippen molar-refractivity contribution < 1.29 is 5.11 Å². The highest BCUT2D eigenvalue weighted by Gasteiger charge is 2.34. The molecule has 0 saturated heterocycles. The van der Waals surface area contributed by atoms with Gasteiger partial charge in [0.1, 0.15) is 0 Å². The summed E-state index contributed by atoms with van der Waals surface area (Å²) in [7, 11) is 0. The highest BCUT2D eigenvalue weighted by Crippen LogP contribution is 2.38. The summed E-state index contributed by atoms with van der Waals surface area (Å²) in [5, 5.41) is 10.3. The van der Waals surface area contributed by atoms with E-state index in [0.717, 1.165) is 25.7 Å². The van der Waals surface area contributed by atoms with Crippen LogP contribution in [0.4, 0.5) is 0 Å². The molecule has 0 amide bonds. The Morgan fingerprint density at radius 2 is 1.92 bits per heavy atom. The lowest BCUT2D eigenvalue weighted by Gasteiger charge is -2.39. The van der Waals surface area contributed by atoms with Crippen LogP contribution in [0.5, 0.6) is 0 Å². The third-order valence-corrected chi connectivity index (χ3v) is 3.08. The molecule has 0 radical (unpaired) electrons. The summed E-state index contributed by atoms with van der Waals surface area (Å²) in [6.45, 7) is 8.19. The predicted molar refractivity (Wildman–Crippen MR) is 56.6 cm³/mol. The average molecular weight is 182 g/mol. The van der Waals surface area contributed by atoms with E-state index in [4.69, 9.17) is 0 Å². The molecule has 0 bridgehead atoms. The summed E-state index contributed by atoms with van der Waals surface area (Å²) in [5.41, 5.74) is -0.398. The Morgan fingerprint density at radius 3 is 2.38 bits per heavy atom. The number of rotatable bonds is 3. The van der Waals surface area contributed by atoms with Crippen LogP contribution in [-0.4, -0.2) is 10.7 Å². The molecule has 0 aliphatic heterocycles. The van der Waals surface area contributed by atoms with Crippen LogP contribution in [0.2, 0.25) is 0 Å². The topological polar surface area (TPSA) is 20.2 Å². The van der Waals surface area contributed by atoms with E-state index in [1.165, 1.54) is 6.42 Å². The Labute approximate surface area is 81.9 Å². The van der Waals surface area contributed by atoms with Crippen molar-refractivity contribution in [3.63, 3.8) is 0 Å². The van der Waals surface area contributed by atoms with Crippen LogP contribution in [0, 0.1) is 11.8 Å². The molecule has 0 aromatic carbocycles. The third kappa shape index (κ3) is 3.15. The zero-order valence-electron chi connectivity index (χ0n) is 8.92. The van der Waals surface area contributed by atoms with Crippen molar-refractivity contribution in [3.8, 4) is 0 Å². The summed E-state index contributed by atoms with van der Waals surface area (Å²) in [6, 6.07) is 0. The SMILES string of the molecule is C=CCCC1(O)CC(C)CC(C)C1. The van der Waals surface area contributed by atoms with Crippen LogP contribution in [0.3, 0.4) is 0 Å². The van der Waals surface area contributed by atoms with Crippen molar-refractivity contribution >= 4 is 0 Å². The molecule has 1 fully saturated rings. The van der Waals surface area contributed by atoms with E-state index in [1.54, 1.807) is 0 Å². The lowest BCUT2D eigenvalue weighted by atomic mass is 9.72. The van der Waals surface area contributed by atoms with Crippen molar-refractivity contribution in [1.82, 2.24) is 0 Å². The highest BCUT2D eigenvalue weighted by molar-refractivity contribution is 4.89. The zero-order chi connectivity index (χ0) is 9.90. The first-order chi connectivity index (χ1) is 6.06. The molecule has 1 nitrogen and oxygen atoms in total. The summed E-state index contributed by atoms with van der Waals surface area (Å²) < 4.78 is 0. The van der Waals surface area contributed by atoms with Gasteiger partial charge < -0.3 is 5.11 Å². The first-order valence-corrected chi connectivity index (χ1v) is 5.39. The van der Waals surface area contributed by atoms with Crippen LogP contribution < -0.4 is 0 Å². The largest absolute Gasteiger partial charge is 0.390 e. The fourth-order valence-electron chi connectivity index (χ4n) is 2.81. The standard InChI is InChI=1S/C12H22O/c1-4-5-6-12(13)8-10(2)7-11(3)9-12/h4,10-11,13H,1,5-9H2,2-3H3. The Morgan fingerprint density at radius 1 is 1.38 bits per heavy atom. The maximum Gasteiger partial charge on any atom is 0.0655 e. The minimum absolute atomic E-state index is 0.398. The van der Waals surface area contributed by atoms with E-state index in [1.807, 2.05) is 6.08 Å². The van der Waals surface area contributed by atoms with Crippen molar-refractivity contribution in [3.05, 3.63) is 12.7 Å². The minimum atomic E-state index is -0.398. The van der Waals surface area contributed by atoms with Gasteiger partial charge in [0.05, 0.1) is 5.60 Å². The first kappa shape index (κ1) is 10.8. The van der Waals surface area contributed by atoms with E-state index in [2.05, 4.69) is 20.4 Å². The second-order valence-electron chi connectivity index (χ2n) is 4.91. The van der Waals surface area contributed by atoms with Gasteiger partial charge in [0.15, 0.2) is 0 Å². The molecule has 2 unspecified atom stereocenters. The van der Waals surface area contributed by atoms with Crippen LogP contribution in [0.15, 0.2) is 12.7 Å². The lowest BCUT2D eigenvalue weighted by Crippen LogP contribution is -2.37. The molecule has 0 aromatic rings. The maximum absolute atomic E-state index is 10.3. The first-order valence-electron chi connectivity index (χ1n) is 5.39. The zero-order valence-corrected chi connectivity index (χ0v) is 8.92. The number of allylic oxidation sites excluding steroid dienone is 1. The molecule has 1 aliphatic rings. The molecule has 1 heteroatoms. The molecule has 2 atom stereocenters. The van der Waals surface area contributed by atoms with E-state index >= 15 is 0 Å². The summed E-state index contributed by atoms with van der Waals surface area (Å²) in [5.74, 6) is 1.36. The van der Waals surface area contributed by atoms with Crippen molar-refractivity contribution in [2.45, 2.75) is 51.6 Å². The van der Waals surface area contributed by atoms with Crippen molar-refractivity contribution in [1.29, 1.82) is 0 Å². The molecule has 1 aliphatic carbocycles. The maximum atomic E-state index is 10.3. The van der Waals surface area contributed by atoms with Gasteiger partial charge in [0, 0.05) is 0 Å². The van der Waals surface area contributed by atoms with Gasteiger partial charge in [-0.05, 0) is 43.9 Å². The van der Waals surface area contributed by atoms with Gasteiger partial charge in [-0.3, -0.25) is 0 Å². The highest BCUT2D eigenvalue weighted by atomic mass is 16.3. The molecule has 13 heavy (non-hydrogen) atoms. The fourth-order valence-corrected chi connectivity index (χ4v) is 2.81. The molecule has 1 saturated carbocycles. The van der Waals surface area contributed by atoms with Gasteiger partial charge in [-0.25, -0.2) is 0 Å². The van der Waals surface area contributed by atoms with Crippen LogP contribution in [0.25, 0.3) is 0 Å². The van der Waals surface area contributed by atoms with Gasteiger partial charge in [0.2, 0.25) is 0 Å². The second-order valence-corrected chi connectivity index (χ2v) is 4.91. The Balaban J connectivity index is 2.50. The van der Waals surface area contributed by atoms with Gasteiger partial charge >= 0.3 is 0 Å². The van der Waals surface area contributed by atoms with Gasteiger partial charge in [-0.1, -0.05) is 19.9 Å². The van der Waals surface area contributed by atoms with E-state index in [0.29, 0.717) is 11.8 Å². The Kier molecular flexibility index (Phi) is 3.55. The van der Waals surface area contributed by atoms with E-state index in [9.17, 15) is 5.11 Å². The van der Waals surface area contributed by atoms with E-state index < -0.39 is 5.60 Å². The van der Waals surface area contributed by atoms with Crippen LogP contribution >= 0.6 is 0 Å². The molecule has 0 aromatic heterocycles. The van der Waals surface area contributed by atoms with Crippen LogP contribution in [-0.2, 0) is 0 Å². The van der Waals surface area contributed by atoms with Crippen molar-refractivity contribution in [2.75, 3.05) is 0 Å². The fraction of sp³-hybridized carbons (Fsp3) is 0.833. The molecular formula is C12H22O. The number of hydrogen-bond donors (Lipinski definition) is 1. The smallest absolute Gasteiger partial charge is 0.0655 e. The molecule has 0 spiro atoms. The second kappa shape index (κ2) is 4.28. The monoisotopic (exact) mass is 182 g/mol. The Hall–Kier alpha value is -0.300. The third-order valence-electron chi connectivity index (χ3n) is 3.08. The van der Waals surface area contributed by atoms with Crippen LogP contribution in [0.1, 0.15) is 46.0 Å².